The lowest BCUT2D eigenvalue weighted by molar-refractivity contribution is 1.15. The highest BCUT2D eigenvalue weighted by Gasteiger charge is 2.05. The van der Waals surface area contributed by atoms with E-state index in [-0.39, 0.29) is 0 Å². The van der Waals surface area contributed by atoms with Gasteiger partial charge in [-0.2, -0.15) is 0 Å². The van der Waals surface area contributed by atoms with Crippen LogP contribution in [0.3, 0.4) is 0 Å². The summed E-state index contributed by atoms with van der Waals surface area (Å²) in [6.45, 7) is 2.07. The summed E-state index contributed by atoms with van der Waals surface area (Å²) in [5.74, 6) is 0. The third kappa shape index (κ3) is 2.22. The van der Waals surface area contributed by atoms with Crippen LogP contribution in [0, 0.1) is 6.92 Å². The first-order valence-corrected chi connectivity index (χ1v) is 6.73. The van der Waals surface area contributed by atoms with E-state index in [9.17, 15) is 0 Å². The Hall–Kier alpha value is -1.87. The van der Waals surface area contributed by atoms with Gasteiger partial charge in [-0.3, -0.25) is 0 Å². The SMILES string of the molecule is Cc1cc(N)cc(Cc2nc3ccccc3s2)c1. The number of hydrogen-bond donors (Lipinski definition) is 1. The Kier molecular flexibility index (Phi) is 2.76. The number of fused-ring (bicyclic) bond motifs is 1. The smallest absolute Gasteiger partial charge is 0.0982 e. The van der Waals surface area contributed by atoms with Crippen LogP contribution in [0.5, 0.6) is 0 Å². The summed E-state index contributed by atoms with van der Waals surface area (Å²) in [4.78, 5) is 4.65. The first-order valence-electron chi connectivity index (χ1n) is 5.91. The van der Waals surface area contributed by atoms with Gasteiger partial charge >= 0.3 is 0 Å². The van der Waals surface area contributed by atoms with Gasteiger partial charge in [0.05, 0.1) is 15.2 Å². The van der Waals surface area contributed by atoms with E-state index in [1.165, 1.54) is 15.8 Å². The van der Waals surface area contributed by atoms with Crippen molar-refractivity contribution in [3.05, 3.63) is 58.6 Å². The summed E-state index contributed by atoms with van der Waals surface area (Å²) in [6, 6.07) is 14.4. The second-order valence-electron chi connectivity index (χ2n) is 4.50. The summed E-state index contributed by atoms with van der Waals surface area (Å²) in [5, 5.41) is 1.14. The first kappa shape index (κ1) is 11.2. The van der Waals surface area contributed by atoms with Crippen LogP contribution in [0.2, 0.25) is 0 Å². The molecule has 0 amide bonds. The van der Waals surface area contributed by atoms with Crippen molar-refractivity contribution in [1.82, 2.24) is 4.98 Å². The molecule has 2 N–H and O–H groups in total. The Morgan fingerprint density at radius 2 is 2.00 bits per heavy atom. The third-order valence-corrected chi connectivity index (χ3v) is 3.89. The summed E-state index contributed by atoms with van der Waals surface area (Å²) in [6.07, 6.45) is 0.852. The van der Waals surface area contributed by atoms with Crippen molar-refractivity contribution in [3.8, 4) is 0 Å². The van der Waals surface area contributed by atoms with Crippen molar-refractivity contribution in [3.63, 3.8) is 0 Å². The summed E-state index contributed by atoms with van der Waals surface area (Å²) in [7, 11) is 0. The Balaban J connectivity index is 1.96. The number of nitrogen functional groups attached to an aromatic ring is 1. The highest BCUT2D eigenvalue weighted by atomic mass is 32.1. The van der Waals surface area contributed by atoms with E-state index >= 15 is 0 Å². The Labute approximate surface area is 110 Å². The van der Waals surface area contributed by atoms with E-state index in [0.717, 1.165) is 22.6 Å². The van der Waals surface area contributed by atoms with Crippen molar-refractivity contribution < 1.29 is 0 Å². The quantitative estimate of drug-likeness (QED) is 0.707. The van der Waals surface area contributed by atoms with Gasteiger partial charge in [-0.05, 0) is 42.3 Å². The molecule has 0 aliphatic rings. The maximum Gasteiger partial charge on any atom is 0.0982 e. The van der Waals surface area contributed by atoms with Crippen LogP contribution >= 0.6 is 11.3 Å². The second-order valence-corrected chi connectivity index (χ2v) is 5.62. The van der Waals surface area contributed by atoms with Gasteiger partial charge in [0.1, 0.15) is 0 Å². The minimum Gasteiger partial charge on any atom is -0.399 e. The van der Waals surface area contributed by atoms with Crippen LogP contribution in [-0.4, -0.2) is 4.98 Å². The molecular weight excluding hydrogens is 240 g/mol. The molecule has 0 spiro atoms. The van der Waals surface area contributed by atoms with Gasteiger partial charge in [0.15, 0.2) is 0 Å². The van der Waals surface area contributed by atoms with Crippen molar-refractivity contribution in [1.29, 1.82) is 0 Å². The lowest BCUT2D eigenvalue weighted by atomic mass is 10.1. The Morgan fingerprint density at radius 3 is 2.78 bits per heavy atom. The van der Waals surface area contributed by atoms with E-state index in [2.05, 4.69) is 36.2 Å². The van der Waals surface area contributed by atoms with E-state index in [4.69, 9.17) is 5.73 Å². The predicted molar refractivity (Wildman–Crippen MR) is 78.0 cm³/mol. The number of nitrogens with two attached hydrogens (primary N) is 1. The number of anilines is 1. The number of aromatic nitrogens is 1. The minimum absolute atomic E-state index is 0.825. The van der Waals surface area contributed by atoms with Crippen LogP contribution in [0.1, 0.15) is 16.1 Å². The molecule has 0 unspecified atom stereocenters. The second kappa shape index (κ2) is 4.42. The summed E-state index contributed by atoms with van der Waals surface area (Å²) in [5.41, 5.74) is 10.2. The molecule has 0 saturated carbocycles. The van der Waals surface area contributed by atoms with Gasteiger partial charge in [-0.15, -0.1) is 11.3 Å². The number of para-hydroxylation sites is 1. The van der Waals surface area contributed by atoms with Gasteiger partial charge in [-0.25, -0.2) is 4.98 Å². The van der Waals surface area contributed by atoms with Crippen molar-refractivity contribution in [2.24, 2.45) is 0 Å². The lowest BCUT2D eigenvalue weighted by Crippen LogP contribution is -1.92. The molecular formula is C15H14N2S. The average molecular weight is 254 g/mol. The highest BCUT2D eigenvalue weighted by Crippen LogP contribution is 2.24. The standard InChI is InChI=1S/C15H14N2S/c1-10-6-11(8-12(16)7-10)9-15-17-13-4-2-3-5-14(13)18-15/h2-8H,9,16H2,1H3. The molecule has 0 radical (unpaired) electrons. The zero-order valence-electron chi connectivity index (χ0n) is 10.2. The molecule has 3 rings (SSSR count). The van der Waals surface area contributed by atoms with E-state index in [1.54, 1.807) is 11.3 Å². The Bertz CT molecular complexity index is 647. The van der Waals surface area contributed by atoms with Crippen LogP contribution in [0.25, 0.3) is 10.2 Å². The monoisotopic (exact) mass is 254 g/mol. The number of rotatable bonds is 2. The largest absolute Gasteiger partial charge is 0.399 e. The fourth-order valence-electron chi connectivity index (χ4n) is 2.17. The number of thiazole rings is 1. The number of benzene rings is 2. The summed E-state index contributed by atoms with van der Waals surface area (Å²) >= 11 is 1.75. The van der Waals surface area contributed by atoms with E-state index < -0.39 is 0 Å². The molecule has 0 atom stereocenters. The molecule has 3 heteroatoms. The molecule has 1 heterocycles. The molecule has 18 heavy (non-hydrogen) atoms. The normalized spacial score (nSPS) is 10.9. The molecule has 2 nitrogen and oxygen atoms in total. The molecule has 0 bridgehead atoms. The zero-order valence-corrected chi connectivity index (χ0v) is 11.0. The topological polar surface area (TPSA) is 38.9 Å². The highest BCUT2D eigenvalue weighted by molar-refractivity contribution is 7.18. The van der Waals surface area contributed by atoms with Gasteiger partial charge in [0.2, 0.25) is 0 Å². The first-order chi connectivity index (χ1) is 8.70. The van der Waals surface area contributed by atoms with Crippen molar-refractivity contribution >= 4 is 27.2 Å². The van der Waals surface area contributed by atoms with Crippen molar-refractivity contribution in [2.75, 3.05) is 5.73 Å². The summed E-state index contributed by atoms with van der Waals surface area (Å²) < 4.78 is 1.24. The molecule has 90 valence electrons. The fraction of sp³-hybridized carbons (Fsp3) is 0.133. The van der Waals surface area contributed by atoms with Gasteiger partial charge in [0, 0.05) is 12.1 Å². The number of nitrogens with zero attached hydrogens (tertiary/aromatic N) is 1. The van der Waals surface area contributed by atoms with Crippen LogP contribution in [-0.2, 0) is 6.42 Å². The molecule has 0 aliphatic carbocycles. The number of aryl methyl sites for hydroxylation is 1. The molecule has 0 aliphatic heterocycles. The molecule has 0 fully saturated rings. The molecule has 2 aromatic carbocycles. The van der Waals surface area contributed by atoms with E-state index in [1.807, 2.05) is 18.2 Å². The van der Waals surface area contributed by atoms with Crippen LogP contribution < -0.4 is 5.73 Å². The fourth-order valence-corrected chi connectivity index (χ4v) is 3.17. The Morgan fingerprint density at radius 1 is 1.17 bits per heavy atom. The predicted octanol–water partition coefficient (Wildman–Crippen LogP) is 3.78. The van der Waals surface area contributed by atoms with Gasteiger partial charge in [0.25, 0.3) is 0 Å². The molecule has 0 saturated heterocycles. The zero-order chi connectivity index (χ0) is 12.5. The maximum atomic E-state index is 5.87. The van der Waals surface area contributed by atoms with Gasteiger partial charge in [-0.1, -0.05) is 18.2 Å². The van der Waals surface area contributed by atoms with Crippen LogP contribution in [0.15, 0.2) is 42.5 Å². The van der Waals surface area contributed by atoms with Crippen molar-refractivity contribution in [2.45, 2.75) is 13.3 Å². The average Bonchev–Trinajstić information content (AvgIpc) is 2.69. The maximum absolute atomic E-state index is 5.87. The minimum atomic E-state index is 0.825. The third-order valence-electron chi connectivity index (χ3n) is 2.85. The van der Waals surface area contributed by atoms with Crippen LogP contribution in [0.4, 0.5) is 5.69 Å². The molecule has 1 aromatic heterocycles. The lowest BCUT2D eigenvalue weighted by Gasteiger charge is -2.02. The number of hydrogen-bond acceptors (Lipinski definition) is 3. The van der Waals surface area contributed by atoms with E-state index in [0.29, 0.717) is 0 Å². The molecule has 3 aromatic rings. The van der Waals surface area contributed by atoms with Gasteiger partial charge < -0.3 is 5.73 Å².